The van der Waals surface area contributed by atoms with Gasteiger partial charge in [-0.1, -0.05) is 18.2 Å². The van der Waals surface area contributed by atoms with Crippen molar-refractivity contribution in [1.29, 1.82) is 0 Å². The first-order valence-electron chi connectivity index (χ1n) is 8.20. The van der Waals surface area contributed by atoms with Crippen molar-refractivity contribution in [3.8, 4) is 17.2 Å². The highest BCUT2D eigenvalue weighted by Crippen LogP contribution is 2.36. The molecule has 3 N–H and O–H groups in total. The number of nitrogens with one attached hydrogen (secondary N) is 2. The Morgan fingerprint density at radius 1 is 1.11 bits per heavy atom. The molecule has 0 aliphatic carbocycles. The van der Waals surface area contributed by atoms with Crippen LogP contribution < -0.4 is 20.1 Å². The van der Waals surface area contributed by atoms with Crippen molar-refractivity contribution in [2.45, 2.75) is 13.0 Å². The molecule has 0 spiro atoms. The van der Waals surface area contributed by atoms with Gasteiger partial charge in [0.2, 0.25) is 5.75 Å². The highest BCUT2D eigenvalue weighted by molar-refractivity contribution is 14.0. The molecule has 8 heteroatoms. The lowest BCUT2D eigenvalue weighted by Gasteiger charge is -2.14. The number of rotatable bonds is 7. The third-order valence-electron chi connectivity index (χ3n) is 3.87. The van der Waals surface area contributed by atoms with Gasteiger partial charge in [-0.3, -0.25) is 4.99 Å². The number of hydrogen-bond donors (Lipinski definition) is 3. The minimum Gasteiger partial charge on any atom is -0.502 e. The van der Waals surface area contributed by atoms with Gasteiger partial charge in [0, 0.05) is 20.1 Å². The Bertz CT molecular complexity index is 747. The number of hydrogen-bond acceptors (Lipinski definition) is 4. The normalized spacial score (nSPS) is 10.7. The van der Waals surface area contributed by atoms with E-state index >= 15 is 0 Å². The van der Waals surface area contributed by atoms with Crippen LogP contribution in [-0.2, 0) is 13.0 Å². The van der Waals surface area contributed by atoms with E-state index in [1.165, 1.54) is 20.3 Å². The van der Waals surface area contributed by atoms with E-state index in [-0.39, 0.29) is 35.5 Å². The lowest BCUT2D eigenvalue weighted by Crippen LogP contribution is -2.37. The molecule has 0 unspecified atom stereocenters. The van der Waals surface area contributed by atoms with Gasteiger partial charge in [0.15, 0.2) is 17.5 Å². The van der Waals surface area contributed by atoms with E-state index in [1.54, 1.807) is 31.3 Å². The molecular weight excluding hydrogens is 464 g/mol. The zero-order valence-corrected chi connectivity index (χ0v) is 17.9. The number of halogens is 2. The van der Waals surface area contributed by atoms with Crippen molar-refractivity contribution in [1.82, 2.24) is 10.6 Å². The van der Waals surface area contributed by atoms with Gasteiger partial charge in [-0.15, -0.1) is 24.0 Å². The number of guanidine groups is 1. The maximum Gasteiger partial charge on any atom is 0.200 e. The molecule has 0 aliphatic heterocycles. The summed E-state index contributed by atoms with van der Waals surface area (Å²) in [6.07, 6.45) is 0.550. The van der Waals surface area contributed by atoms with Gasteiger partial charge in [-0.05, 0) is 35.7 Å². The molecule has 0 radical (unpaired) electrons. The predicted molar refractivity (Wildman–Crippen MR) is 115 cm³/mol. The highest BCUT2D eigenvalue weighted by Gasteiger charge is 2.11. The standard InChI is InChI=1S/C19H24FN3O3.HI/c1-21-19(22-9-8-14-6-4-5-7-15(14)20)23-12-13-10-16(25-2)18(24)17(11-13)26-3;/h4-7,10-11,24H,8-9,12H2,1-3H3,(H2,21,22,23);1H. The molecule has 27 heavy (non-hydrogen) atoms. The second-order valence-electron chi connectivity index (χ2n) is 5.54. The number of phenols is 1. The lowest BCUT2D eigenvalue weighted by molar-refractivity contribution is 0.339. The fourth-order valence-electron chi connectivity index (χ4n) is 2.47. The zero-order chi connectivity index (χ0) is 18.9. The van der Waals surface area contributed by atoms with Gasteiger partial charge >= 0.3 is 0 Å². The van der Waals surface area contributed by atoms with Crippen molar-refractivity contribution in [3.63, 3.8) is 0 Å². The fourth-order valence-corrected chi connectivity index (χ4v) is 2.47. The molecule has 0 saturated carbocycles. The smallest absolute Gasteiger partial charge is 0.200 e. The van der Waals surface area contributed by atoms with Crippen LogP contribution in [-0.4, -0.2) is 38.9 Å². The van der Waals surface area contributed by atoms with E-state index < -0.39 is 0 Å². The van der Waals surface area contributed by atoms with Gasteiger partial charge in [0.05, 0.1) is 14.2 Å². The van der Waals surface area contributed by atoms with Crippen molar-refractivity contribution < 1.29 is 19.0 Å². The molecule has 6 nitrogen and oxygen atoms in total. The summed E-state index contributed by atoms with van der Waals surface area (Å²) in [5.74, 6) is 1.02. The largest absolute Gasteiger partial charge is 0.502 e. The average Bonchev–Trinajstić information content (AvgIpc) is 2.66. The minimum atomic E-state index is -0.208. The van der Waals surface area contributed by atoms with E-state index in [9.17, 15) is 9.50 Å². The number of ether oxygens (including phenoxy) is 2. The first-order chi connectivity index (χ1) is 12.6. The molecule has 2 aromatic rings. The summed E-state index contributed by atoms with van der Waals surface area (Å²) in [6.45, 7) is 0.995. The Labute approximate surface area is 175 Å². The predicted octanol–water partition coefficient (Wildman–Crippen LogP) is 3.07. The first kappa shape index (κ1) is 22.8. The van der Waals surface area contributed by atoms with Gasteiger partial charge in [-0.25, -0.2) is 4.39 Å². The summed E-state index contributed by atoms with van der Waals surface area (Å²) in [5, 5.41) is 16.3. The summed E-state index contributed by atoms with van der Waals surface area (Å²) in [6, 6.07) is 10.1. The minimum absolute atomic E-state index is 0. The Balaban J connectivity index is 0.00000364. The third-order valence-corrected chi connectivity index (χ3v) is 3.87. The molecule has 0 bridgehead atoms. The van der Waals surface area contributed by atoms with Crippen LogP contribution in [0, 0.1) is 5.82 Å². The summed E-state index contributed by atoms with van der Waals surface area (Å²) in [4.78, 5) is 4.15. The van der Waals surface area contributed by atoms with E-state index in [0.717, 1.165) is 5.56 Å². The quantitative estimate of drug-likeness (QED) is 0.317. The van der Waals surface area contributed by atoms with Gasteiger partial charge in [0.25, 0.3) is 0 Å². The van der Waals surface area contributed by atoms with Crippen LogP contribution in [0.25, 0.3) is 0 Å². The molecule has 0 aromatic heterocycles. The van der Waals surface area contributed by atoms with Crippen LogP contribution in [0.1, 0.15) is 11.1 Å². The number of methoxy groups -OCH3 is 2. The second kappa shape index (κ2) is 11.5. The van der Waals surface area contributed by atoms with Gasteiger partial charge in [0.1, 0.15) is 5.82 Å². The van der Waals surface area contributed by atoms with Crippen LogP contribution >= 0.6 is 24.0 Å². The molecule has 0 fully saturated rings. The summed E-state index contributed by atoms with van der Waals surface area (Å²) in [7, 11) is 4.63. The van der Waals surface area contributed by atoms with Crippen molar-refractivity contribution in [3.05, 3.63) is 53.3 Å². The number of phenolic OH excluding ortho intramolecular Hbond substituents is 1. The van der Waals surface area contributed by atoms with Crippen LogP contribution in [0.2, 0.25) is 0 Å². The molecular formula is C19H25FIN3O3. The van der Waals surface area contributed by atoms with Gasteiger partial charge < -0.3 is 25.2 Å². The Hall–Kier alpha value is -2.23. The number of nitrogens with zero attached hydrogens (tertiary/aromatic N) is 1. The summed E-state index contributed by atoms with van der Waals surface area (Å²) in [5.41, 5.74) is 1.51. The second-order valence-corrected chi connectivity index (χ2v) is 5.54. The molecule has 0 aliphatic rings. The molecule has 0 saturated heterocycles. The maximum atomic E-state index is 13.6. The average molecular weight is 489 g/mol. The third kappa shape index (κ3) is 6.46. The Morgan fingerprint density at radius 3 is 2.30 bits per heavy atom. The van der Waals surface area contributed by atoms with Crippen molar-refractivity contribution >= 4 is 29.9 Å². The Morgan fingerprint density at radius 2 is 1.74 bits per heavy atom. The van der Waals surface area contributed by atoms with Gasteiger partial charge in [-0.2, -0.15) is 0 Å². The topological polar surface area (TPSA) is 75.1 Å². The van der Waals surface area contributed by atoms with E-state index in [4.69, 9.17) is 9.47 Å². The summed E-state index contributed by atoms with van der Waals surface area (Å²) >= 11 is 0. The first-order valence-corrected chi connectivity index (χ1v) is 8.20. The number of aliphatic imine (C=N–C) groups is 1. The monoisotopic (exact) mass is 489 g/mol. The Kier molecular flexibility index (Phi) is 9.70. The van der Waals surface area contributed by atoms with Crippen molar-refractivity contribution in [2.75, 3.05) is 27.8 Å². The van der Waals surface area contributed by atoms with Crippen LogP contribution in [0.4, 0.5) is 4.39 Å². The van der Waals surface area contributed by atoms with Crippen LogP contribution in [0.5, 0.6) is 17.2 Å². The molecule has 0 heterocycles. The fraction of sp³-hybridized carbons (Fsp3) is 0.316. The van der Waals surface area contributed by atoms with Crippen LogP contribution in [0.3, 0.4) is 0 Å². The van der Waals surface area contributed by atoms with E-state index in [1.807, 2.05) is 6.07 Å². The number of benzene rings is 2. The molecule has 2 rings (SSSR count). The summed E-state index contributed by atoms with van der Waals surface area (Å²) < 4.78 is 23.9. The van der Waals surface area contributed by atoms with E-state index in [2.05, 4.69) is 15.6 Å². The maximum absolute atomic E-state index is 13.6. The molecule has 148 valence electrons. The lowest BCUT2D eigenvalue weighted by atomic mass is 10.1. The van der Waals surface area contributed by atoms with Crippen molar-refractivity contribution in [2.24, 2.45) is 4.99 Å². The zero-order valence-electron chi connectivity index (χ0n) is 15.6. The number of aromatic hydroxyl groups is 1. The highest BCUT2D eigenvalue weighted by atomic mass is 127. The van der Waals surface area contributed by atoms with Crippen LogP contribution in [0.15, 0.2) is 41.4 Å². The SMILES string of the molecule is CN=C(NCCc1ccccc1F)NCc1cc(OC)c(O)c(OC)c1.I. The molecule has 0 atom stereocenters. The molecule has 0 amide bonds. The van der Waals surface area contributed by atoms with E-state index in [0.29, 0.717) is 42.5 Å². The molecule has 2 aromatic carbocycles.